The number of para-hydroxylation sites is 1. The van der Waals surface area contributed by atoms with E-state index in [-0.39, 0.29) is 23.0 Å². The number of benzene rings is 2. The molecule has 0 atom stereocenters. The highest BCUT2D eigenvalue weighted by Crippen LogP contribution is 2.42. The molecule has 39 heavy (non-hydrogen) atoms. The van der Waals surface area contributed by atoms with Crippen molar-refractivity contribution in [2.45, 2.75) is 27.2 Å². The van der Waals surface area contributed by atoms with Gasteiger partial charge in [-0.25, -0.2) is 13.8 Å². The highest BCUT2D eigenvalue weighted by Gasteiger charge is 2.29. The Hall–Kier alpha value is -4.31. The van der Waals surface area contributed by atoms with Gasteiger partial charge in [-0.2, -0.15) is 4.98 Å². The molecule has 0 saturated carbocycles. The maximum Gasteiger partial charge on any atom is 0.317 e. The van der Waals surface area contributed by atoms with Crippen LogP contribution in [0.1, 0.15) is 41.8 Å². The lowest BCUT2D eigenvalue weighted by atomic mass is 9.95. The van der Waals surface area contributed by atoms with Gasteiger partial charge in [0.2, 0.25) is 5.95 Å². The van der Waals surface area contributed by atoms with Crippen LogP contribution in [-0.4, -0.2) is 47.0 Å². The molecular formula is C29H30F2N6O2. The molecule has 0 bridgehead atoms. The van der Waals surface area contributed by atoms with E-state index < -0.39 is 17.5 Å². The topological polar surface area (TPSA) is 90.8 Å². The molecule has 2 aromatic carbocycles. The van der Waals surface area contributed by atoms with Crippen molar-refractivity contribution in [1.82, 2.24) is 14.9 Å². The molecule has 0 saturated heterocycles. The standard InChI is InChI=1S/C29H30F2N6O2/c1-5-36(6-2)17-9-16-32-29-33-25(20-10-7-11-21(19(20)4)28(38)35-39)22-15-14-18(3)37(27(22)34-29)26-23(30)12-8-13-24(26)31/h7-8,10-15H,3,5-6,9,16-17H2,1-2,4H3,(H,32,33,34). The summed E-state index contributed by atoms with van der Waals surface area (Å²) in [4.78, 5) is 36.2. The number of carbonyl (C=O) groups excluding carboxylic acids is 1. The van der Waals surface area contributed by atoms with E-state index in [0.29, 0.717) is 34.6 Å². The zero-order chi connectivity index (χ0) is 28.1. The third-order valence-electron chi connectivity index (χ3n) is 6.76. The normalized spacial score (nSPS) is 12.6. The molecule has 3 aromatic rings. The van der Waals surface area contributed by atoms with Crippen molar-refractivity contribution in [3.63, 3.8) is 0 Å². The first-order valence-corrected chi connectivity index (χ1v) is 12.8. The van der Waals surface area contributed by atoms with Crippen molar-refractivity contribution in [2.24, 2.45) is 5.18 Å². The fourth-order valence-corrected chi connectivity index (χ4v) is 4.62. The zero-order valence-corrected chi connectivity index (χ0v) is 22.2. The molecule has 1 amide bonds. The van der Waals surface area contributed by atoms with Crippen LogP contribution in [0.2, 0.25) is 0 Å². The molecule has 4 rings (SSSR count). The first-order valence-electron chi connectivity index (χ1n) is 12.8. The summed E-state index contributed by atoms with van der Waals surface area (Å²) in [5.74, 6) is -1.96. The van der Waals surface area contributed by atoms with E-state index in [9.17, 15) is 18.5 Å². The fourth-order valence-electron chi connectivity index (χ4n) is 4.62. The number of amides is 1. The molecule has 1 aromatic heterocycles. The summed E-state index contributed by atoms with van der Waals surface area (Å²) in [6.45, 7) is 13.2. The number of halogens is 2. The number of nitroso groups, excluding NO2 is 1. The monoisotopic (exact) mass is 532 g/mol. The molecule has 0 radical (unpaired) electrons. The summed E-state index contributed by atoms with van der Waals surface area (Å²) in [5, 5.41) is 5.80. The second kappa shape index (κ2) is 12.0. The second-order valence-electron chi connectivity index (χ2n) is 9.05. The first kappa shape index (κ1) is 27.7. The molecule has 10 heteroatoms. The second-order valence-corrected chi connectivity index (χ2v) is 9.05. The van der Waals surface area contributed by atoms with Crippen LogP contribution in [0.15, 0.2) is 59.9 Å². The largest absolute Gasteiger partial charge is 0.354 e. The SMILES string of the molecule is C=C1C=Cc2c(-c3cccc(C(=O)N=O)c3C)nc(NCCCN(CC)CC)nc2N1c1c(F)cccc1F. The Morgan fingerprint density at radius 2 is 1.77 bits per heavy atom. The van der Waals surface area contributed by atoms with Gasteiger partial charge in [0.25, 0.3) is 0 Å². The van der Waals surface area contributed by atoms with Gasteiger partial charge in [0, 0.05) is 34.1 Å². The van der Waals surface area contributed by atoms with Crippen molar-refractivity contribution >= 4 is 29.4 Å². The van der Waals surface area contributed by atoms with Gasteiger partial charge >= 0.3 is 5.91 Å². The Labute approximate surface area is 226 Å². The van der Waals surface area contributed by atoms with E-state index in [1.165, 1.54) is 29.2 Å². The van der Waals surface area contributed by atoms with E-state index in [4.69, 9.17) is 4.98 Å². The Bertz CT molecular complexity index is 1430. The van der Waals surface area contributed by atoms with Gasteiger partial charge < -0.3 is 10.2 Å². The summed E-state index contributed by atoms with van der Waals surface area (Å²) in [7, 11) is 0. The Morgan fingerprint density at radius 3 is 2.44 bits per heavy atom. The summed E-state index contributed by atoms with van der Waals surface area (Å²) < 4.78 is 29.9. The van der Waals surface area contributed by atoms with Gasteiger partial charge in [-0.05, 0) is 68.9 Å². The van der Waals surface area contributed by atoms with Crippen molar-refractivity contribution in [3.8, 4) is 11.3 Å². The Morgan fingerprint density at radius 1 is 1.08 bits per heavy atom. The summed E-state index contributed by atoms with van der Waals surface area (Å²) in [6.07, 6.45) is 4.16. The van der Waals surface area contributed by atoms with Crippen LogP contribution in [0.3, 0.4) is 0 Å². The number of hydrogen-bond donors (Lipinski definition) is 1. The van der Waals surface area contributed by atoms with Crippen LogP contribution in [-0.2, 0) is 0 Å². The molecule has 2 heterocycles. The fraction of sp³-hybridized carbons (Fsp3) is 0.276. The predicted molar refractivity (Wildman–Crippen MR) is 150 cm³/mol. The predicted octanol–water partition coefficient (Wildman–Crippen LogP) is 6.46. The molecule has 0 spiro atoms. The first-order chi connectivity index (χ1) is 18.8. The van der Waals surface area contributed by atoms with Crippen LogP contribution < -0.4 is 10.2 Å². The lowest BCUT2D eigenvalue weighted by Crippen LogP contribution is -2.26. The van der Waals surface area contributed by atoms with Crippen LogP contribution >= 0.6 is 0 Å². The van der Waals surface area contributed by atoms with E-state index in [1.54, 1.807) is 31.2 Å². The maximum atomic E-state index is 15.0. The highest BCUT2D eigenvalue weighted by atomic mass is 19.1. The molecule has 1 N–H and O–H groups in total. The summed E-state index contributed by atoms with van der Waals surface area (Å²) in [6, 6.07) is 8.54. The van der Waals surface area contributed by atoms with Gasteiger partial charge in [-0.3, -0.25) is 9.69 Å². The van der Waals surface area contributed by atoms with Crippen molar-refractivity contribution in [1.29, 1.82) is 0 Å². The van der Waals surface area contributed by atoms with Crippen LogP contribution in [0, 0.1) is 23.5 Å². The number of nitrogens with zero attached hydrogens (tertiary/aromatic N) is 5. The molecule has 0 aliphatic carbocycles. The lowest BCUT2D eigenvalue weighted by Gasteiger charge is -2.30. The summed E-state index contributed by atoms with van der Waals surface area (Å²) >= 11 is 0. The van der Waals surface area contributed by atoms with Crippen molar-refractivity contribution in [3.05, 3.63) is 88.0 Å². The highest BCUT2D eigenvalue weighted by molar-refractivity contribution is 5.99. The number of aromatic nitrogens is 2. The number of hydrogen-bond acceptors (Lipinski definition) is 7. The van der Waals surface area contributed by atoms with Gasteiger partial charge in [0.15, 0.2) is 5.82 Å². The van der Waals surface area contributed by atoms with Gasteiger partial charge in [0.1, 0.15) is 17.3 Å². The molecule has 0 unspecified atom stereocenters. The number of allylic oxidation sites excluding steroid dienone is 1. The van der Waals surface area contributed by atoms with Gasteiger partial charge in [-0.1, -0.05) is 38.6 Å². The lowest BCUT2D eigenvalue weighted by molar-refractivity contribution is 0.1000. The van der Waals surface area contributed by atoms with Gasteiger partial charge in [0.05, 0.1) is 5.69 Å². The zero-order valence-electron chi connectivity index (χ0n) is 22.2. The molecule has 0 fully saturated rings. The van der Waals surface area contributed by atoms with Crippen LogP contribution in [0.25, 0.3) is 17.3 Å². The minimum atomic E-state index is -0.897. The molecular weight excluding hydrogens is 502 g/mol. The van der Waals surface area contributed by atoms with E-state index >= 15 is 0 Å². The average molecular weight is 533 g/mol. The molecule has 1 aliphatic heterocycles. The van der Waals surface area contributed by atoms with Crippen molar-refractivity contribution in [2.75, 3.05) is 36.4 Å². The number of carbonyl (C=O) groups is 1. The van der Waals surface area contributed by atoms with Crippen LogP contribution in [0.4, 0.5) is 26.2 Å². The number of fused-ring (bicyclic) bond motifs is 1. The van der Waals surface area contributed by atoms with Crippen molar-refractivity contribution < 1.29 is 13.6 Å². The molecule has 1 aliphatic rings. The van der Waals surface area contributed by atoms with E-state index in [2.05, 4.69) is 40.8 Å². The smallest absolute Gasteiger partial charge is 0.317 e. The maximum absolute atomic E-state index is 15.0. The number of anilines is 3. The minimum absolute atomic E-state index is 0.143. The van der Waals surface area contributed by atoms with Crippen LogP contribution in [0.5, 0.6) is 0 Å². The number of nitrogens with one attached hydrogen (secondary N) is 1. The van der Waals surface area contributed by atoms with E-state index in [1.807, 2.05) is 0 Å². The third-order valence-corrected chi connectivity index (χ3v) is 6.76. The molecule has 8 nitrogen and oxygen atoms in total. The Balaban J connectivity index is 1.87. The average Bonchev–Trinajstić information content (AvgIpc) is 2.93. The van der Waals surface area contributed by atoms with E-state index in [0.717, 1.165) is 26.1 Å². The quantitative estimate of drug-likeness (QED) is 0.237. The minimum Gasteiger partial charge on any atom is -0.354 e. The molecule has 202 valence electrons. The number of rotatable bonds is 10. The third kappa shape index (κ3) is 5.61. The van der Waals surface area contributed by atoms with Gasteiger partial charge in [-0.15, -0.1) is 4.91 Å². The Kier molecular flexibility index (Phi) is 8.55. The summed E-state index contributed by atoms with van der Waals surface area (Å²) in [5.41, 5.74) is 2.10.